The lowest BCUT2D eigenvalue weighted by Crippen LogP contribution is -2.60. The molecule has 0 aromatic rings. The zero-order valence-electron chi connectivity index (χ0n) is 32.6. The van der Waals surface area contributed by atoms with Crippen LogP contribution in [0.2, 0.25) is 0 Å². The van der Waals surface area contributed by atoms with Crippen LogP contribution in [0.25, 0.3) is 0 Å². The number of rotatable bonds is 7. The molecular formula is C37H67NO12. The number of nitrogens with zero attached hydrogens (tertiary/aromatic N) is 1. The fraction of sp³-hybridized carbons (Fsp3) is 0.946. The SMILES string of the molecule is CC[C@H]1OC(=O)[C@H](C)[C@@H](O[C@H]2C[C@](C)(OC)[C@@H](O)C(C)O2)[C@H](C)[C@@H](O[C@@H]2OC(C)C[C@@H](N(C)C)C2O)[C@](C)(O)C[C@@H](C)C(=O)[C@H](C)[C@@H](O)[C@H]1C. The predicted molar refractivity (Wildman–Crippen MR) is 185 cm³/mol. The van der Waals surface area contributed by atoms with E-state index in [1.165, 1.54) is 7.11 Å². The third kappa shape index (κ3) is 9.45. The Kier molecular flexibility index (Phi) is 14.9. The Morgan fingerprint density at radius 2 is 1.50 bits per heavy atom. The van der Waals surface area contributed by atoms with E-state index < -0.39 is 102 Å². The number of esters is 1. The molecule has 0 amide bonds. The second-order valence-electron chi connectivity index (χ2n) is 16.2. The average molecular weight is 718 g/mol. The van der Waals surface area contributed by atoms with Crippen LogP contribution in [0.5, 0.6) is 0 Å². The quantitative estimate of drug-likeness (QED) is 0.284. The fourth-order valence-corrected chi connectivity index (χ4v) is 8.36. The third-order valence-electron chi connectivity index (χ3n) is 11.8. The van der Waals surface area contributed by atoms with Gasteiger partial charge in [0.25, 0.3) is 0 Å². The molecule has 0 spiro atoms. The number of ketones is 1. The Bertz CT molecular complexity index is 1120. The third-order valence-corrected chi connectivity index (χ3v) is 11.8. The van der Waals surface area contributed by atoms with Gasteiger partial charge in [-0.1, -0.05) is 34.6 Å². The first kappa shape index (κ1) is 43.1. The van der Waals surface area contributed by atoms with Gasteiger partial charge in [-0.05, 0) is 68.0 Å². The van der Waals surface area contributed by atoms with Crippen LogP contribution >= 0.6 is 0 Å². The minimum absolute atomic E-state index is 0.0462. The molecule has 0 aromatic heterocycles. The van der Waals surface area contributed by atoms with Crippen molar-refractivity contribution in [3.05, 3.63) is 0 Å². The molecule has 292 valence electrons. The van der Waals surface area contributed by atoms with E-state index in [0.717, 1.165) is 0 Å². The molecule has 3 aliphatic rings. The molecule has 0 bridgehead atoms. The van der Waals surface area contributed by atoms with Crippen molar-refractivity contribution in [2.24, 2.45) is 29.6 Å². The number of likely N-dealkylation sites (N-methyl/N-ethyl adjacent to an activating group) is 1. The number of carbonyl (C=O) groups is 2. The van der Waals surface area contributed by atoms with Crippen LogP contribution in [0.3, 0.4) is 0 Å². The van der Waals surface area contributed by atoms with Gasteiger partial charge in [-0.3, -0.25) is 9.59 Å². The van der Waals surface area contributed by atoms with Gasteiger partial charge in [0.2, 0.25) is 0 Å². The summed E-state index contributed by atoms with van der Waals surface area (Å²) in [4.78, 5) is 29.7. The molecule has 3 fully saturated rings. The molecule has 13 heteroatoms. The van der Waals surface area contributed by atoms with Crippen molar-refractivity contribution in [3.63, 3.8) is 0 Å². The summed E-state index contributed by atoms with van der Waals surface area (Å²) in [6.45, 7) is 17.4. The number of cyclic esters (lactones) is 1. The predicted octanol–water partition coefficient (Wildman–Crippen LogP) is 2.67. The molecule has 13 nitrogen and oxygen atoms in total. The highest BCUT2D eigenvalue weighted by molar-refractivity contribution is 5.83. The fourth-order valence-electron chi connectivity index (χ4n) is 8.36. The summed E-state index contributed by atoms with van der Waals surface area (Å²) in [7, 11) is 5.23. The minimum Gasteiger partial charge on any atom is -0.462 e. The average Bonchev–Trinajstić information content (AvgIpc) is 3.05. The van der Waals surface area contributed by atoms with Crippen molar-refractivity contribution in [1.82, 2.24) is 4.90 Å². The van der Waals surface area contributed by atoms with Gasteiger partial charge in [-0.2, -0.15) is 0 Å². The Morgan fingerprint density at radius 3 is 2.06 bits per heavy atom. The molecule has 3 heterocycles. The molecule has 3 aliphatic heterocycles. The van der Waals surface area contributed by atoms with Crippen molar-refractivity contribution in [2.45, 2.75) is 174 Å². The number of hydrogen-bond acceptors (Lipinski definition) is 13. The Labute approximate surface area is 299 Å². The van der Waals surface area contributed by atoms with Gasteiger partial charge >= 0.3 is 5.97 Å². The molecular weight excluding hydrogens is 650 g/mol. The number of hydrogen-bond donors (Lipinski definition) is 4. The molecule has 0 aromatic carbocycles. The smallest absolute Gasteiger partial charge is 0.311 e. The van der Waals surface area contributed by atoms with Gasteiger partial charge in [-0.25, -0.2) is 0 Å². The van der Waals surface area contributed by atoms with Crippen LogP contribution in [0.1, 0.15) is 94.9 Å². The van der Waals surface area contributed by atoms with Crippen LogP contribution in [-0.2, 0) is 38.0 Å². The van der Waals surface area contributed by atoms with Crippen molar-refractivity contribution in [3.8, 4) is 0 Å². The minimum atomic E-state index is -1.72. The van der Waals surface area contributed by atoms with E-state index >= 15 is 0 Å². The number of aliphatic hydroxyl groups excluding tert-OH is 3. The van der Waals surface area contributed by atoms with E-state index in [1.807, 2.05) is 32.8 Å². The largest absolute Gasteiger partial charge is 0.462 e. The topological polar surface area (TPSA) is 174 Å². The first-order chi connectivity index (χ1) is 23.1. The van der Waals surface area contributed by atoms with Gasteiger partial charge in [0.05, 0.1) is 47.6 Å². The van der Waals surface area contributed by atoms with Gasteiger partial charge in [0.1, 0.15) is 24.1 Å². The van der Waals surface area contributed by atoms with E-state index in [0.29, 0.717) is 12.8 Å². The molecule has 50 heavy (non-hydrogen) atoms. The summed E-state index contributed by atoms with van der Waals surface area (Å²) in [5, 5.41) is 46.0. The lowest BCUT2D eigenvalue weighted by atomic mass is 9.74. The van der Waals surface area contributed by atoms with Crippen LogP contribution in [0.4, 0.5) is 0 Å². The normalized spacial score (nSPS) is 49.0. The van der Waals surface area contributed by atoms with Crippen LogP contribution in [0, 0.1) is 29.6 Å². The maximum Gasteiger partial charge on any atom is 0.311 e. The number of methoxy groups -OCH3 is 1. The zero-order valence-corrected chi connectivity index (χ0v) is 32.6. The first-order valence-corrected chi connectivity index (χ1v) is 18.4. The van der Waals surface area contributed by atoms with Crippen molar-refractivity contribution in [2.75, 3.05) is 21.2 Å². The molecule has 0 aliphatic carbocycles. The summed E-state index contributed by atoms with van der Waals surface area (Å²) < 4.78 is 37.3. The Morgan fingerprint density at radius 1 is 0.880 bits per heavy atom. The standard InChI is InChI=1S/C37H67NO12/c1-14-26-20(4)29(40)21(5)28(39)18(2)16-36(9,44)33(50-35-30(41)25(38(11)12)15-19(3)46-35)22(6)31(23(7)34(43)48-26)49-27-17-37(10,45-13)32(42)24(8)47-27/h18-27,29-33,35,40-42,44H,14-17H2,1-13H3/t18-,19?,20+,21+,22+,23-,24?,25-,26-,27+,29+,30?,31+,32+,33-,35+,36-,37+/m1/s1. The second kappa shape index (κ2) is 17.3. The molecule has 0 radical (unpaired) electrons. The van der Waals surface area contributed by atoms with Gasteiger partial charge < -0.3 is 53.7 Å². The van der Waals surface area contributed by atoms with E-state index in [4.69, 9.17) is 28.4 Å². The van der Waals surface area contributed by atoms with Crippen molar-refractivity contribution < 1.29 is 58.4 Å². The van der Waals surface area contributed by atoms with Crippen LogP contribution in [-0.4, -0.2) is 137 Å². The van der Waals surface area contributed by atoms with E-state index in [1.54, 1.807) is 55.4 Å². The van der Waals surface area contributed by atoms with E-state index in [2.05, 4.69) is 0 Å². The van der Waals surface area contributed by atoms with Gasteiger partial charge in [-0.15, -0.1) is 0 Å². The first-order valence-electron chi connectivity index (χ1n) is 18.4. The molecule has 3 saturated heterocycles. The molecule has 3 rings (SSSR count). The lowest BCUT2D eigenvalue weighted by molar-refractivity contribution is -0.317. The summed E-state index contributed by atoms with van der Waals surface area (Å²) in [5.41, 5.74) is -2.73. The highest BCUT2D eigenvalue weighted by Crippen LogP contribution is 2.40. The summed E-state index contributed by atoms with van der Waals surface area (Å²) >= 11 is 0. The molecule has 4 N–H and O–H groups in total. The number of ether oxygens (including phenoxy) is 6. The Balaban J connectivity index is 2.16. The summed E-state index contributed by atoms with van der Waals surface area (Å²) in [6, 6.07) is -0.297. The highest BCUT2D eigenvalue weighted by Gasteiger charge is 2.52. The second-order valence-corrected chi connectivity index (χ2v) is 16.2. The zero-order chi connectivity index (χ0) is 38.0. The molecule has 3 unspecified atom stereocenters. The number of aliphatic hydroxyl groups is 4. The van der Waals surface area contributed by atoms with E-state index in [-0.39, 0.29) is 30.8 Å². The van der Waals surface area contributed by atoms with Crippen molar-refractivity contribution in [1.29, 1.82) is 0 Å². The van der Waals surface area contributed by atoms with Gasteiger partial charge in [0.15, 0.2) is 12.6 Å². The van der Waals surface area contributed by atoms with Crippen LogP contribution in [0.15, 0.2) is 0 Å². The maximum atomic E-state index is 14.0. The van der Waals surface area contributed by atoms with Gasteiger partial charge in [0, 0.05) is 43.2 Å². The summed E-state index contributed by atoms with van der Waals surface area (Å²) in [6.07, 6.45) is -7.91. The highest BCUT2D eigenvalue weighted by atomic mass is 16.7. The van der Waals surface area contributed by atoms with Crippen molar-refractivity contribution >= 4 is 11.8 Å². The molecule has 0 saturated carbocycles. The van der Waals surface area contributed by atoms with Crippen LogP contribution < -0.4 is 0 Å². The Hall–Kier alpha value is -1.26. The molecule has 18 atom stereocenters. The number of carbonyl (C=O) groups excluding carboxylic acids is 2. The number of Topliss-reactive ketones (excluding diaryl/α,β-unsaturated/α-hetero) is 1. The summed E-state index contributed by atoms with van der Waals surface area (Å²) in [5.74, 6) is -4.59. The lowest BCUT2D eigenvalue weighted by Gasteiger charge is -2.49. The monoisotopic (exact) mass is 717 g/mol. The maximum absolute atomic E-state index is 14.0. The van der Waals surface area contributed by atoms with E-state index in [9.17, 15) is 30.0 Å².